The van der Waals surface area contributed by atoms with Crippen molar-refractivity contribution in [2.45, 2.75) is 0 Å². The average Bonchev–Trinajstić information content (AvgIpc) is 3.22. The number of benzene rings is 2. The summed E-state index contributed by atoms with van der Waals surface area (Å²) >= 11 is 0. The van der Waals surface area contributed by atoms with Gasteiger partial charge in [-0.1, -0.05) is 5.16 Å². The van der Waals surface area contributed by atoms with Crippen molar-refractivity contribution in [3.05, 3.63) is 48.8 Å². The lowest BCUT2D eigenvalue weighted by Crippen LogP contribution is -1.86. The summed E-state index contributed by atoms with van der Waals surface area (Å²) in [5.41, 5.74) is 3.71. The molecule has 0 unspecified atom stereocenters. The van der Waals surface area contributed by atoms with Crippen molar-refractivity contribution in [1.82, 2.24) is 19.7 Å². The third-order valence-corrected chi connectivity index (χ3v) is 3.75. The molecule has 6 heteroatoms. The normalized spacial score (nSPS) is 11.0. The lowest BCUT2D eigenvalue weighted by Gasteiger charge is -1.99. The first-order valence-corrected chi connectivity index (χ1v) is 7.14. The van der Waals surface area contributed by atoms with Crippen molar-refractivity contribution in [2.24, 2.45) is 7.05 Å². The zero-order valence-corrected chi connectivity index (χ0v) is 12.7. The van der Waals surface area contributed by atoms with E-state index in [0.717, 1.165) is 27.9 Å². The van der Waals surface area contributed by atoms with Gasteiger partial charge >= 0.3 is 0 Å². The van der Waals surface area contributed by atoms with Crippen LogP contribution in [0, 0.1) is 0 Å². The maximum absolute atomic E-state index is 5.38. The van der Waals surface area contributed by atoms with Gasteiger partial charge in [0.1, 0.15) is 5.75 Å². The number of fused-ring (bicyclic) bond motifs is 1. The molecule has 0 fully saturated rings. The number of ether oxygens (including phenoxy) is 1. The molecule has 0 atom stereocenters. The molecule has 0 bridgehead atoms. The summed E-state index contributed by atoms with van der Waals surface area (Å²) in [4.78, 5) is 8.79. The fourth-order valence-electron chi connectivity index (χ4n) is 2.46. The summed E-state index contributed by atoms with van der Waals surface area (Å²) in [6.07, 6.45) is 1.79. The van der Waals surface area contributed by atoms with Crippen LogP contribution < -0.4 is 4.74 Å². The topological polar surface area (TPSA) is 66.0 Å². The van der Waals surface area contributed by atoms with Gasteiger partial charge in [-0.05, 0) is 42.5 Å². The number of hydrogen-bond acceptors (Lipinski definition) is 5. The summed E-state index contributed by atoms with van der Waals surface area (Å²) in [6.45, 7) is 0. The molecule has 0 aliphatic rings. The number of aromatic nitrogens is 4. The van der Waals surface area contributed by atoms with E-state index < -0.39 is 0 Å². The standard InChI is InChI=1S/C17H14N4O2/c1-21-10-18-14-8-5-12(9-15(14)21)16-19-17(23-20-16)11-3-6-13(22-2)7-4-11/h3-10H,1-2H3. The van der Waals surface area contributed by atoms with Crippen LogP contribution in [-0.2, 0) is 7.05 Å². The molecular formula is C17H14N4O2. The Balaban J connectivity index is 1.71. The van der Waals surface area contributed by atoms with Gasteiger partial charge in [0.2, 0.25) is 5.82 Å². The predicted octanol–water partition coefficient (Wildman–Crippen LogP) is 3.30. The van der Waals surface area contributed by atoms with Crippen molar-refractivity contribution >= 4 is 11.0 Å². The van der Waals surface area contributed by atoms with Gasteiger partial charge in [0.25, 0.3) is 5.89 Å². The lowest BCUT2D eigenvalue weighted by atomic mass is 10.2. The fraction of sp³-hybridized carbons (Fsp3) is 0.118. The highest BCUT2D eigenvalue weighted by Gasteiger charge is 2.12. The summed E-state index contributed by atoms with van der Waals surface area (Å²) in [5, 5.41) is 4.08. The maximum Gasteiger partial charge on any atom is 0.258 e. The zero-order valence-electron chi connectivity index (χ0n) is 12.7. The minimum absolute atomic E-state index is 0.479. The Kier molecular flexibility index (Phi) is 3.08. The summed E-state index contributed by atoms with van der Waals surface area (Å²) in [6, 6.07) is 13.4. The molecule has 4 rings (SSSR count). The maximum atomic E-state index is 5.38. The molecule has 0 aliphatic carbocycles. The lowest BCUT2D eigenvalue weighted by molar-refractivity contribution is 0.414. The third-order valence-electron chi connectivity index (χ3n) is 3.75. The number of rotatable bonds is 3. The van der Waals surface area contributed by atoms with Gasteiger partial charge in [-0.25, -0.2) is 4.98 Å². The Hall–Kier alpha value is -3.15. The first kappa shape index (κ1) is 13.5. The molecule has 6 nitrogen and oxygen atoms in total. The number of imidazole rings is 1. The Morgan fingerprint density at radius 1 is 1.04 bits per heavy atom. The molecule has 0 amide bonds. The second kappa shape index (κ2) is 5.24. The molecule has 114 valence electrons. The average molecular weight is 306 g/mol. The largest absolute Gasteiger partial charge is 0.497 e. The molecule has 0 aliphatic heterocycles. The minimum Gasteiger partial charge on any atom is -0.497 e. The highest BCUT2D eigenvalue weighted by atomic mass is 16.5. The molecule has 2 aromatic carbocycles. The van der Waals surface area contributed by atoms with Crippen LogP contribution in [0.1, 0.15) is 0 Å². The molecule has 0 N–H and O–H groups in total. The molecule has 0 spiro atoms. The molecule has 0 radical (unpaired) electrons. The second-order valence-corrected chi connectivity index (χ2v) is 5.21. The van der Waals surface area contributed by atoms with Gasteiger partial charge in [0.15, 0.2) is 0 Å². The van der Waals surface area contributed by atoms with Crippen LogP contribution in [-0.4, -0.2) is 26.8 Å². The van der Waals surface area contributed by atoms with Gasteiger partial charge < -0.3 is 13.8 Å². The van der Waals surface area contributed by atoms with Crippen LogP contribution in [0.15, 0.2) is 53.3 Å². The van der Waals surface area contributed by atoms with Crippen LogP contribution >= 0.6 is 0 Å². The highest BCUT2D eigenvalue weighted by molar-refractivity contribution is 5.80. The Morgan fingerprint density at radius 2 is 1.83 bits per heavy atom. The molecule has 4 aromatic rings. The summed E-state index contributed by atoms with van der Waals surface area (Å²) in [7, 11) is 3.59. The van der Waals surface area contributed by atoms with E-state index in [-0.39, 0.29) is 0 Å². The van der Waals surface area contributed by atoms with Gasteiger partial charge in [-0.15, -0.1) is 0 Å². The van der Waals surface area contributed by atoms with E-state index in [1.165, 1.54) is 0 Å². The first-order chi connectivity index (χ1) is 11.2. The molecule has 0 saturated carbocycles. The number of methoxy groups -OCH3 is 1. The van der Waals surface area contributed by atoms with Gasteiger partial charge in [-0.3, -0.25) is 0 Å². The Bertz CT molecular complexity index is 970. The van der Waals surface area contributed by atoms with Crippen LogP contribution in [0.25, 0.3) is 33.9 Å². The molecule has 2 aromatic heterocycles. The zero-order chi connectivity index (χ0) is 15.8. The number of aryl methyl sites for hydroxylation is 1. The van der Waals surface area contributed by atoms with E-state index in [4.69, 9.17) is 9.26 Å². The van der Waals surface area contributed by atoms with Crippen LogP contribution in [0.2, 0.25) is 0 Å². The third kappa shape index (κ3) is 2.34. The van der Waals surface area contributed by atoms with E-state index in [0.29, 0.717) is 11.7 Å². The SMILES string of the molecule is COc1ccc(-c2nc(-c3ccc4ncn(C)c4c3)no2)cc1. The van der Waals surface area contributed by atoms with Crippen molar-refractivity contribution < 1.29 is 9.26 Å². The first-order valence-electron chi connectivity index (χ1n) is 7.14. The molecule has 0 saturated heterocycles. The van der Waals surface area contributed by atoms with Crippen molar-refractivity contribution in [3.8, 4) is 28.6 Å². The van der Waals surface area contributed by atoms with E-state index in [2.05, 4.69) is 15.1 Å². The predicted molar refractivity (Wildman–Crippen MR) is 86.0 cm³/mol. The van der Waals surface area contributed by atoms with Crippen LogP contribution in [0.5, 0.6) is 5.75 Å². The van der Waals surface area contributed by atoms with Crippen LogP contribution in [0.4, 0.5) is 0 Å². The number of hydrogen-bond donors (Lipinski definition) is 0. The second-order valence-electron chi connectivity index (χ2n) is 5.21. The molecule has 23 heavy (non-hydrogen) atoms. The molecular weight excluding hydrogens is 292 g/mol. The summed E-state index contributed by atoms with van der Waals surface area (Å²) in [5.74, 6) is 1.82. The fourth-order valence-corrected chi connectivity index (χ4v) is 2.46. The highest BCUT2D eigenvalue weighted by Crippen LogP contribution is 2.25. The van der Waals surface area contributed by atoms with E-state index in [9.17, 15) is 0 Å². The van der Waals surface area contributed by atoms with E-state index >= 15 is 0 Å². The smallest absolute Gasteiger partial charge is 0.258 e. The monoisotopic (exact) mass is 306 g/mol. The Labute approximate surface area is 132 Å². The van der Waals surface area contributed by atoms with Crippen molar-refractivity contribution in [1.29, 1.82) is 0 Å². The Morgan fingerprint density at radius 3 is 2.61 bits per heavy atom. The number of nitrogens with zero attached hydrogens (tertiary/aromatic N) is 4. The van der Waals surface area contributed by atoms with Crippen molar-refractivity contribution in [2.75, 3.05) is 7.11 Å². The van der Waals surface area contributed by atoms with Gasteiger partial charge in [0, 0.05) is 18.2 Å². The van der Waals surface area contributed by atoms with Gasteiger partial charge in [-0.2, -0.15) is 4.98 Å². The van der Waals surface area contributed by atoms with Crippen molar-refractivity contribution in [3.63, 3.8) is 0 Å². The van der Waals surface area contributed by atoms with E-state index in [1.807, 2.05) is 54.1 Å². The van der Waals surface area contributed by atoms with Crippen LogP contribution in [0.3, 0.4) is 0 Å². The summed E-state index contributed by atoms with van der Waals surface area (Å²) < 4.78 is 12.5. The minimum atomic E-state index is 0.479. The van der Waals surface area contributed by atoms with E-state index in [1.54, 1.807) is 13.4 Å². The molecule has 2 heterocycles. The van der Waals surface area contributed by atoms with Gasteiger partial charge in [0.05, 0.1) is 24.5 Å². The quantitative estimate of drug-likeness (QED) is 0.581.